The summed E-state index contributed by atoms with van der Waals surface area (Å²) in [6.45, 7) is 0. The van der Waals surface area contributed by atoms with Crippen LogP contribution in [0.2, 0.25) is 10.3 Å². The van der Waals surface area contributed by atoms with Crippen molar-refractivity contribution in [2.45, 2.75) is 44.6 Å². The highest BCUT2D eigenvalue weighted by Gasteiger charge is 2.14. The van der Waals surface area contributed by atoms with E-state index in [0.29, 0.717) is 16.9 Å². The molecule has 1 aromatic heterocycles. The Morgan fingerprint density at radius 3 is 2.50 bits per heavy atom. The summed E-state index contributed by atoms with van der Waals surface area (Å²) in [6.07, 6.45) is 9.10. The third-order valence-corrected chi connectivity index (χ3v) is 3.37. The van der Waals surface area contributed by atoms with E-state index in [-0.39, 0.29) is 5.28 Å². The highest BCUT2D eigenvalue weighted by molar-refractivity contribution is 6.33. The first-order valence-corrected chi connectivity index (χ1v) is 6.46. The average molecular weight is 260 g/mol. The Bertz CT molecular complexity index is 349. The van der Waals surface area contributed by atoms with Crippen molar-refractivity contribution in [3.05, 3.63) is 16.5 Å². The summed E-state index contributed by atoms with van der Waals surface area (Å²) >= 11 is 11.8. The molecule has 0 aromatic carbocycles. The van der Waals surface area contributed by atoms with E-state index >= 15 is 0 Å². The van der Waals surface area contributed by atoms with E-state index in [1.165, 1.54) is 44.7 Å². The molecule has 0 spiro atoms. The Balaban J connectivity index is 2.04. The van der Waals surface area contributed by atoms with Gasteiger partial charge in [0.2, 0.25) is 5.28 Å². The normalized spacial score (nSPS) is 18.1. The average Bonchev–Trinajstić information content (AvgIpc) is 2.52. The standard InChI is InChI=1S/C11H15Cl2N3/c12-9-7-14-11(13)16-10(9)15-8-5-3-1-2-4-6-8/h7-8H,1-6H2,(H,14,15,16). The molecule has 0 amide bonds. The first kappa shape index (κ1) is 11.9. The van der Waals surface area contributed by atoms with Crippen LogP contribution in [0.1, 0.15) is 38.5 Å². The van der Waals surface area contributed by atoms with Gasteiger partial charge in [-0.2, -0.15) is 4.98 Å². The fourth-order valence-electron chi connectivity index (χ4n) is 2.06. The van der Waals surface area contributed by atoms with Crippen LogP contribution in [0.5, 0.6) is 0 Å². The van der Waals surface area contributed by atoms with Crippen LogP contribution in [-0.2, 0) is 0 Å². The van der Waals surface area contributed by atoms with Crippen LogP contribution in [0.3, 0.4) is 0 Å². The molecule has 16 heavy (non-hydrogen) atoms. The number of rotatable bonds is 2. The molecule has 88 valence electrons. The zero-order valence-electron chi connectivity index (χ0n) is 9.05. The van der Waals surface area contributed by atoms with E-state index in [1.807, 2.05) is 0 Å². The number of nitrogens with zero attached hydrogens (tertiary/aromatic N) is 2. The highest BCUT2D eigenvalue weighted by Crippen LogP contribution is 2.24. The molecule has 0 atom stereocenters. The largest absolute Gasteiger partial charge is 0.366 e. The quantitative estimate of drug-likeness (QED) is 0.647. The van der Waals surface area contributed by atoms with Crippen LogP contribution in [0.25, 0.3) is 0 Å². The molecule has 3 nitrogen and oxygen atoms in total. The van der Waals surface area contributed by atoms with Crippen molar-refractivity contribution in [1.29, 1.82) is 0 Å². The van der Waals surface area contributed by atoms with Gasteiger partial charge in [-0.05, 0) is 24.4 Å². The van der Waals surface area contributed by atoms with E-state index in [1.54, 1.807) is 0 Å². The maximum atomic E-state index is 6.01. The summed E-state index contributed by atoms with van der Waals surface area (Å²) in [5.41, 5.74) is 0. The molecular weight excluding hydrogens is 245 g/mol. The predicted molar refractivity (Wildman–Crippen MR) is 67.2 cm³/mol. The lowest BCUT2D eigenvalue weighted by Gasteiger charge is -2.17. The molecule has 1 N–H and O–H groups in total. The van der Waals surface area contributed by atoms with Crippen LogP contribution < -0.4 is 5.32 Å². The lowest BCUT2D eigenvalue weighted by molar-refractivity contribution is 0.617. The topological polar surface area (TPSA) is 37.8 Å². The Morgan fingerprint density at radius 1 is 1.12 bits per heavy atom. The van der Waals surface area contributed by atoms with Gasteiger partial charge in [0.15, 0.2) is 0 Å². The highest BCUT2D eigenvalue weighted by atomic mass is 35.5. The minimum Gasteiger partial charge on any atom is -0.366 e. The second-order valence-corrected chi connectivity index (χ2v) is 4.91. The van der Waals surface area contributed by atoms with E-state index in [2.05, 4.69) is 15.3 Å². The van der Waals surface area contributed by atoms with Gasteiger partial charge in [-0.15, -0.1) is 0 Å². The van der Waals surface area contributed by atoms with Crippen molar-refractivity contribution in [1.82, 2.24) is 9.97 Å². The molecule has 1 saturated carbocycles. The maximum absolute atomic E-state index is 6.01. The van der Waals surface area contributed by atoms with Gasteiger partial charge in [0.1, 0.15) is 10.8 Å². The second kappa shape index (κ2) is 5.69. The van der Waals surface area contributed by atoms with Gasteiger partial charge in [0, 0.05) is 6.04 Å². The van der Waals surface area contributed by atoms with Crippen molar-refractivity contribution in [3.63, 3.8) is 0 Å². The SMILES string of the molecule is Clc1ncc(Cl)c(NC2CCCCCC2)n1. The smallest absolute Gasteiger partial charge is 0.224 e. The van der Waals surface area contributed by atoms with E-state index in [4.69, 9.17) is 23.2 Å². The molecule has 1 heterocycles. The molecule has 0 radical (unpaired) electrons. The third kappa shape index (κ3) is 3.22. The Kier molecular flexibility index (Phi) is 4.24. The van der Waals surface area contributed by atoms with Gasteiger partial charge < -0.3 is 5.32 Å². The van der Waals surface area contributed by atoms with Crippen molar-refractivity contribution in [2.24, 2.45) is 0 Å². The molecule has 2 rings (SSSR count). The molecule has 0 bridgehead atoms. The zero-order chi connectivity index (χ0) is 11.4. The summed E-state index contributed by atoms with van der Waals surface area (Å²) in [7, 11) is 0. The van der Waals surface area contributed by atoms with Crippen molar-refractivity contribution >= 4 is 29.0 Å². The number of hydrogen-bond donors (Lipinski definition) is 1. The summed E-state index contributed by atoms with van der Waals surface area (Å²) in [5, 5.41) is 4.13. The number of nitrogens with one attached hydrogen (secondary N) is 1. The van der Waals surface area contributed by atoms with Gasteiger partial charge in [-0.25, -0.2) is 4.98 Å². The first-order valence-electron chi connectivity index (χ1n) is 5.70. The molecule has 5 heteroatoms. The first-order chi connectivity index (χ1) is 7.75. The third-order valence-electron chi connectivity index (χ3n) is 2.91. The maximum Gasteiger partial charge on any atom is 0.224 e. The van der Waals surface area contributed by atoms with Gasteiger partial charge in [-0.3, -0.25) is 0 Å². The lowest BCUT2D eigenvalue weighted by atomic mass is 10.1. The molecule has 1 aliphatic carbocycles. The lowest BCUT2D eigenvalue weighted by Crippen LogP contribution is -2.19. The van der Waals surface area contributed by atoms with Gasteiger partial charge in [-0.1, -0.05) is 37.3 Å². The van der Waals surface area contributed by atoms with Crippen molar-refractivity contribution < 1.29 is 0 Å². The zero-order valence-corrected chi connectivity index (χ0v) is 10.6. The predicted octanol–water partition coefficient (Wildman–Crippen LogP) is 3.92. The summed E-state index contributed by atoms with van der Waals surface area (Å²) < 4.78 is 0. The number of halogens is 2. The molecule has 0 aliphatic heterocycles. The van der Waals surface area contributed by atoms with E-state index in [9.17, 15) is 0 Å². The van der Waals surface area contributed by atoms with Crippen LogP contribution in [0, 0.1) is 0 Å². The van der Waals surface area contributed by atoms with Gasteiger partial charge >= 0.3 is 0 Å². The Labute approximate surface area is 106 Å². The molecule has 1 aromatic rings. The van der Waals surface area contributed by atoms with Gasteiger partial charge in [0.05, 0.1) is 6.20 Å². The molecule has 0 saturated heterocycles. The number of anilines is 1. The van der Waals surface area contributed by atoms with Crippen molar-refractivity contribution in [2.75, 3.05) is 5.32 Å². The van der Waals surface area contributed by atoms with Crippen LogP contribution in [-0.4, -0.2) is 16.0 Å². The molecule has 1 aliphatic rings. The molecule has 1 fully saturated rings. The summed E-state index contributed by atoms with van der Waals surface area (Å²) in [5.74, 6) is 0.661. The fourth-order valence-corrected chi connectivity index (χ4v) is 2.34. The summed E-state index contributed by atoms with van der Waals surface area (Å²) in [6, 6.07) is 0.464. The Hall–Kier alpha value is -0.540. The molecular formula is C11H15Cl2N3. The fraction of sp³-hybridized carbons (Fsp3) is 0.636. The monoisotopic (exact) mass is 259 g/mol. The molecule has 0 unspecified atom stereocenters. The summed E-state index contributed by atoms with van der Waals surface area (Å²) in [4.78, 5) is 7.94. The second-order valence-electron chi connectivity index (χ2n) is 4.17. The van der Waals surface area contributed by atoms with E-state index in [0.717, 1.165) is 0 Å². The van der Waals surface area contributed by atoms with Crippen LogP contribution in [0.15, 0.2) is 6.20 Å². The van der Waals surface area contributed by atoms with Crippen LogP contribution in [0.4, 0.5) is 5.82 Å². The minimum atomic E-state index is 0.237. The minimum absolute atomic E-state index is 0.237. The van der Waals surface area contributed by atoms with E-state index < -0.39 is 0 Å². The van der Waals surface area contributed by atoms with Gasteiger partial charge in [0.25, 0.3) is 0 Å². The number of hydrogen-bond acceptors (Lipinski definition) is 3. The van der Waals surface area contributed by atoms with Crippen molar-refractivity contribution in [3.8, 4) is 0 Å². The number of aromatic nitrogens is 2. The Morgan fingerprint density at radius 2 is 1.81 bits per heavy atom. The van der Waals surface area contributed by atoms with Crippen LogP contribution >= 0.6 is 23.2 Å².